The van der Waals surface area contributed by atoms with E-state index in [4.69, 9.17) is 4.74 Å². The number of nitrogens with one attached hydrogen (secondary N) is 1. The molecule has 1 N–H and O–H groups in total. The van der Waals surface area contributed by atoms with E-state index in [-0.39, 0.29) is 18.2 Å². The molecule has 1 heterocycles. The second-order valence-electron chi connectivity index (χ2n) is 5.32. The Labute approximate surface area is 142 Å². The van der Waals surface area contributed by atoms with E-state index in [9.17, 15) is 18.0 Å². The fourth-order valence-electron chi connectivity index (χ4n) is 2.18. The second kappa shape index (κ2) is 8.50. The third-order valence-corrected chi connectivity index (χ3v) is 3.40. The van der Waals surface area contributed by atoms with Crippen molar-refractivity contribution in [1.29, 1.82) is 0 Å². The molecule has 0 aliphatic rings. The summed E-state index contributed by atoms with van der Waals surface area (Å²) in [5.41, 5.74) is 0.599. The Morgan fingerprint density at radius 2 is 2.00 bits per heavy atom. The smallest absolute Gasteiger partial charge is 0.471 e. The number of unbranched alkanes of at least 4 members (excludes halogenated alkanes) is 2. The lowest BCUT2D eigenvalue weighted by Gasteiger charge is -2.09. The number of alkyl halides is 3. The maximum Gasteiger partial charge on any atom is 0.471 e. The quantitative estimate of drug-likeness (QED) is 0.727. The average Bonchev–Trinajstić information content (AvgIpc) is 3.04. The molecule has 6 nitrogen and oxygen atoms in total. The number of carbonyl (C=O) groups is 1. The Hall–Kier alpha value is -2.58. The largest absolute Gasteiger partial charge is 0.495 e. The van der Waals surface area contributed by atoms with Crippen molar-refractivity contribution in [2.45, 2.75) is 38.3 Å². The van der Waals surface area contributed by atoms with Gasteiger partial charge in [-0.05, 0) is 25.0 Å². The lowest BCUT2D eigenvalue weighted by Crippen LogP contribution is -2.11. The van der Waals surface area contributed by atoms with Crippen LogP contribution in [0.15, 0.2) is 28.8 Å². The fourth-order valence-corrected chi connectivity index (χ4v) is 2.18. The number of nitrogens with zero attached hydrogens (tertiary/aromatic N) is 2. The molecule has 0 aliphatic heterocycles. The van der Waals surface area contributed by atoms with Crippen LogP contribution in [-0.2, 0) is 17.4 Å². The summed E-state index contributed by atoms with van der Waals surface area (Å²) in [6.07, 6.45) is -2.22. The number of ether oxygens (including phenoxy) is 1. The summed E-state index contributed by atoms with van der Waals surface area (Å²) < 4.78 is 46.2. The maximum atomic E-state index is 12.3. The number of aromatic nitrogens is 2. The minimum absolute atomic E-state index is 0.0193. The van der Waals surface area contributed by atoms with E-state index in [1.165, 1.54) is 7.11 Å². The molecular weight excluding hydrogens is 339 g/mol. The third kappa shape index (κ3) is 5.77. The van der Waals surface area contributed by atoms with E-state index < -0.39 is 12.1 Å². The van der Waals surface area contributed by atoms with Gasteiger partial charge in [0.25, 0.3) is 0 Å². The van der Waals surface area contributed by atoms with E-state index in [2.05, 4.69) is 20.0 Å². The van der Waals surface area contributed by atoms with Gasteiger partial charge in [-0.3, -0.25) is 4.79 Å². The Bertz CT molecular complexity index is 701. The summed E-state index contributed by atoms with van der Waals surface area (Å²) in [6, 6.07) is 7.08. The SMILES string of the molecule is COc1ccccc1NC(=O)CCCCCc1noc(C(F)(F)F)n1. The van der Waals surface area contributed by atoms with E-state index in [0.717, 1.165) is 0 Å². The van der Waals surface area contributed by atoms with Gasteiger partial charge in [-0.25, -0.2) is 0 Å². The van der Waals surface area contributed by atoms with Crippen molar-refractivity contribution in [2.75, 3.05) is 12.4 Å². The first kappa shape index (κ1) is 18.8. The molecule has 0 spiro atoms. The predicted octanol–water partition coefficient (Wildman–Crippen LogP) is 3.84. The van der Waals surface area contributed by atoms with Crippen LogP contribution in [0.25, 0.3) is 0 Å². The minimum atomic E-state index is -4.62. The monoisotopic (exact) mass is 357 g/mol. The van der Waals surface area contributed by atoms with Crippen molar-refractivity contribution in [1.82, 2.24) is 10.1 Å². The van der Waals surface area contributed by atoms with Crippen LogP contribution in [0, 0.1) is 0 Å². The molecule has 0 aliphatic carbocycles. The first-order valence-electron chi connectivity index (χ1n) is 7.73. The van der Waals surface area contributed by atoms with Crippen LogP contribution in [0.2, 0.25) is 0 Å². The summed E-state index contributed by atoms with van der Waals surface area (Å²) >= 11 is 0. The molecule has 25 heavy (non-hydrogen) atoms. The number of hydrogen-bond donors (Lipinski definition) is 1. The van der Waals surface area contributed by atoms with E-state index in [1.807, 2.05) is 0 Å². The molecule has 2 aromatic rings. The maximum absolute atomic E-state index is 12.3. The number of halogens is 3. The van der Waals surface area contributed by atoms with Gasteiger partial charge in [-0.1, -0.05) is 23.7 Å². The minimum Gasteiger partial charge on any atom is -0.495 e. The van der Waals surface area contributed by atoms with E-state index >= 15 is 0 Å². The van der Waals surface area contributed by atoms with Crippen LogP contribution in [0.5, 0.6) is 5.75 Å². The zero-order valence-electron chi connectivity index (χ0n) is 13.6. The number of benzene rings is 1. The van der Waals surface area contributed by atoms with Gasteiger partial charge >= 0.3 is 12.1 Å². The van der Waals surface area contributed by atoms with Crippen molar-refractivity contribution in [3.63, 3.8) is 0 Å². The summed E-state index contributed by atoms with van der Waals surface area (Å²) in [5.74, 6) is -0.888. The number of amides is 1. The molecule has 136 valence electrons. The molecule has 0 saturated heterocycles. The third-order valence-electron chi connectivity index (χ3n) is 3.40. The second-order valence-corrected chi connectivity index (χ2v) is 5.32. The van der Waals surface area contributed by atoms with Gasteiger partial charge in [-0.2, -0.15) is 18.2 Å². The van der Waals surface area contributed by atoms with Crippen molar-refractivity contribution >= 4 is 11.6 Å². The highest BCUT2D eigenvalue weighted by atomic mass is 19.4. The van der Waals surface area contributed by atoms with Gasteiger partial charge in [-0.15, -0.1) is 0 Å². The molecule has 0 bridgehead atoms. The number of carbonyl (C=O) groups excluding carboxylic acids is 1. The Kier molecular flexibility index (Phi) is 6.37. The highest BCUT2D eigenvalue weighted by Gasteiger charge is 2.38. The van der Waals surface area contributed by atoms with Gasteiger partial charge in [0.2, 0.25) is 5.91 Å². The average molecular weight is 357 g/mol. The lowest BCUT2D eigenvalue weighted by molar-refractivity contribution is -0.159. The molecule has 0 radical (unpaired) electrons. The molecule has 0 fully saturated rings. The van der Waals surface area contributed by atoms with Gasteiger partial charge in [0.15, 0.2) is 5.82 Å². The molecule has 0 unspecified atom stereocenters. The summed E-state index contributed by atoms with van der Waals surface area (Å²) in [7, 11) is 1.52. The van der Waals surface area contributed by atoms with Gasteiger partial charge in [0.1, 0.15) is 5.75 Å². The van der Waals surface area contributed by atoms with Crippen LogP contribution < -0.4 is 10.1 Å². The molecule has 9 heteroatoms. The van der Waals surface area contributed by atoms with Crippen LogP contribution in [0.4, 0.5) is 18.9 Å². The normalized spacial score (nSPS) is 11.4. The number of para-hydroxylation sites is 2. The molecule has 0 saturated carbocycles. The number of anilines is 1. The van der Waals surface area contributed by atoms with Crippen molar-refractivity contribution in [3.05, 3.63) is 36.0 Å². The van der Waals surface area contributed by atoms with Gasteiger partial charge in [0.05, 0.1) is 12.8 Å². The van der Waals surface area contributed by atoms with E-state index in [1.54, 1.807) is 24.3 Å². The Balaban J connectivity index is 1.67. The van der Waals surface area contributed by atoms with Crippen molar-refractivity contribution in [2.24, 2.45) is 0 Å². The Morgan fingerprint density at radius 1 is 1.24 bits per heavy atom. The van der Waals surface area contributed by atoms with Crippen LogP contribution >= 0.6 is 0 Å². The van der Waals surface area contributed by atoms with Crippen LogP contribution in [0.3, 0.4) is 0 Å². The zero-order valence-corrected chi connectivity index (χ0v) is 13.6. The van der Waals surface area contributed by atoms with Crippen LogP contribution in [-0.4, -0.2) is 23.2 Å². The standard InChI is InChI=1S/C16H18F3N3O3/c1-24-12-8-6-5-7-11(12)20-14(23)10-4-2-3-9-13-21-15(25-22-13)16(17,18)19/h5-8H,2-4,9-10H2,1H3,(H,20,23). The summed E-state index contributed by atoms with van der Waals surface area (Å²) in [4.78, 5) is 15.2. The number of rotatable bonds is 8. The van der Waals surface area contributed by atoms with Crippen molar-refractivity contribution in [3.8, 4) is 5.75 Å². The molecule has 1 aromatic carbocycles. The first-order valence-corrected chi connectivity index (χ1v) is 7.73. The molecule has 1 aromatic heterocycles. The molecule has 0 atom stereocenters. The fraction of sp³-hybridized carbons (Fsp3) is 0.438. The number of aryl methyl sites for hydroxylation is 1. The van der Waals surface area contributed by atoms with Gasteiger partial charge in [0, 0.05) is 12.8 Å². The van der Waals surface area contributed by atoms with E-state index in [0.29, 0.717) is 37.1 Å². The number of methoxy groups -OCH3 is 1. The van der Waals surface area contributed by atoms with Gasteiger partial charge < -0.3 is 14.6 Å². The first-order chi connectivity index (χ1) is 11.9. The number of hydrogen-bond acceptors (Lipinski definition) is 5. The zero-order chi connectivity index (χ0) is 18.3. The highest BCUT2D eigenvalue weighted by molar-refractivity contribution is 5.92. The summed E-state index contributed by atoms with van der Waals surface area (Å²) in [6.45, 7) is 0. The van der Waals surface area contributed by atoms with Crippen LogP contribution in [0.1, 0.15) is 37.4 Å². The predicted molar refractivity (Wildman–Crippen MR) is 83.1 cm³/mol. The molecule has 2 rings (SSSR count). The molecule has 1 amide bonds. The Morgan fingerprint density at radius 3 is 2.68 bits per heavy atom. The highest BCUT2D eigenvalue weighted by Crippen LogP contribution is 2.27. The lowest BCUT2D eigenvalue weighted by atomic mass is 10.1. The molecular formula is C16H18F3N3O3. The summed E-state index contributed by atoms with van der Waals surface area (Å²) in [5, 5.41) is 6.05. The topological polar surface area (TPSA) is 77.2 Å². The van der Waals surface area contributed by atoms with Crippen molar-refractivity contribution < 1.29 is 27.2 Å².